The number of piperidine rings is 1. The summed E-state index contributed by atoms with van der Waals surface area (Å²) >= 11 is 0. The molecule has 0 radical (unpaired) electrons. The summed E-state index contributed by atoms with van der Waals surface area (Å²) in [6, 6.07) is 7.75. The smallest absolute Gasteiger partial charge is 0.320 e. The summed E-state index contributed by atoms with van der Waals surface area (Å²) in [5.74, 6) is 3.48. The Labute approximate surface area is 689 Å². The van der Waals surface area contributed by atoms with Gasteiger partial charge in [-0.05, 0) is 44.9 Å². The molecule has 42 heteroatoms. The van der Waals surface area contributed by atoms with Crippen LogP contribution >= 0.6 is 0 Å². The number of carbonyl (C=O) groups excluding carboxylic acids is 1. The maximum Gasteiger partial charge on any atom is 0.320 e. The third kappa shape index (κ3) is 18.4. The number of aliphatic hydroxyl groups excluding tert-OH is 1. The molecular weight excluding hydrogens is 1540 g/mol. The number of nitrogen functional groups attached to an aromatic ring is 3. The Morgan fingerprint density at radius 3 is 1.14 bits per heavy atom. The number of rotatable bonds is 15. The van der Waals surface area contributed by atoms with Crippen LogP contribution in [0.25, 0.3) is 89.2 Å². The fourth-order valence-corrected chi connectivity index (χ4v) is 15.7. The Bertz CT molecular complexity index is 5420. The largest absolute Gasteiger partial charge is 0.508 e. The number of anilines is 7. The van der Waals surface area contributed by atoms with Gasteiger partial charge < -0.3 is 90.1 Å². The van der Waals surface area contributed by atoms with Crippen LogP contribution in [0.4, 0.5) is 46.4 Å². The van der Waals surface area contributed by atoms with E-state index >= 15 is 0 Å². The molecule has 19 heterocycles. The number of aromatic nitrogens is 22. The number of ether oxygens (including phenoxy) is 6. The maximum absolute atomic E-state index is 13.1. The van der Waals surface area contributed by atoms with Crippen LogP contribution < -0.4 is 36.8 Å². The lowest BCUT2D eigenvalue weighted by molar-refractivity contribution is 0.0361. The molecule has 8 fully saturated rings. The van der Waals surface area contributed by atoms with Crippen molar-refractivity contribution in [2.45, 2.75) is 50.9 Å². The number of likely N-dealkylation sites (N-methyl/N-ethyl adjacent to an activating group) is 1. The molecule has 8 aliphatic heterocycles. The number of nitrogens with two attached hydrogens (primary N) is 3. The predicted molar refractivity (Wildman–Crippen MR) is 445 cm³/mol. The van der Waals surface area contributed by atoms with Gasteiger partial charge in [0, 0.05) is 184 Å². The van der Waals surface area contributed by atoms with Gasteiger partial charge in [-0.1, -0.05) is 12.1 Å². The molecule has 630 valence electrons. The highest BCUT2D eigenvalue weighted by Gasteiger charge is 2.33. The van der Waals surface area contributed by atoms with E-state index < -0.39 is 0 Å². The maximum atomic E-state index is 13.1. The minimum absolute atomic E-state index is 0.0199. The van der Waals surface area contributed by atoms with Crippen LogP contribution in [0, 0.1) is 0 Å². The normalized spacial score (nSPS) is 18.2. The number of nitrogens with zero attached hydrogens (tertiary/aromatic N) is 30. The highest BCUT2D eigenvalue weighted by molar-refractivity contribution is 5.94. The number of aromatic hydroxyl groups is 1. The third-order valence-corrected chi connectivity index (χ3v) is 22.4. The molecule has 8 N–H and O–H groups in total. The molecule has 0 unspecified atom stereocenters. The Morgan fingerprint density at radius 1 is 0.383 bits per heavy atom. The van der Waals surface area contributed by atoms with E-state index in [0.717, 1.165) is 235 Å². The number of likely N-dealkylation sites (tertiary alicyclic amines) is 1. The molecular formula is C78H99N33O9. The van der Waals surface area contributed by atoms with Crippen LogP contribution in [0.5, 0.6) is 5.75 Å². The van der Waals surface area contributed by atoms with Gasteiger partial charge in [-0.2, -0.15) is 40.3 Å². The molecule has 11 aromatic heterocycles. The van der Waals surface area contributed by atoms with Crippen LogP contribution in [0.1, 0.15) is 37.8 Å². The molecule has 8 aliphatic rings. The minimum atomic E-state index is -0.0199. The number of piperazine rings is 1. The number of carbonyl (C=O) groups is 1. The molecule has 120 heavy (non-hydrogen) atoms. The molecule has 20 rings (SSSR count). The highest BCUT2D eigenvalue weighted by Crippen LogP contribution is 2.37. The van der Waals surface area contributed by atoms with E-state index in [-0.39, 0.29) is 48.3 Å². The fraction of sp³-hybridized carbons (Fsp3) is 0.500. The zero-order valence-corrected chi connectivity index (χ0v) is 67.1. The van der Waals surface area contributed by atoms with Crippen molar-refractivity contribution in [3.63, 3.8) is 0 Å². The number of hydrogen-bond donors (Lipinski definition) is 5. The van der Waals surface area contributed by atoms with Crippen molar-refractivity contribution in [2.24, 2.45) is 0 Å². The van der Waals surface area contributed by atoms with Crippen LogP contribution in [0.3, 0.4) is 0 Å². The van der Waals surface area contributed by atoms with E-state index in [0.29, 0.717) is 108 Å². The van der Waals surface area contributed by atoms with Gasteiger partial charge in [0.2, 0.25) is 41.6 Å². The molecule has 0 spiro atoms. The lowest BCUT2D eigenvalue weighted by atomic mass is 10.1. The minimum Gasteiger partial charge on any atom is -0.508 e. The topological polar surface area (TPSA) is 469 Å². The number of aliphatic hydroxyl groups is 1. The standard InChI is InChI=1S/C24H33N11O2.C21H26N6O3.C18H22N8O2.C15H18N8O2/c1-31-6-8-34(9-7-31)24(36)33-4-2-18(3-5-33)35-21-19(16-28-35)20(17-14-26-22(25)27-15-17)29-23(30-21)32-10-12-37-13-11-32;28-17-3-1-2-16(14-17)19-18-15-22-27(5-4-25-6-10-29-11-7-25)20(18)24-21(23-19)26-8-12-30-13-9-26;19-17-20-9-12(10-21-17)15-14-11-22-26(13-1-5-27-6-2-13)16(14)24-18(23-15)25-3-7-28-8-4-25;16-14-17-7-10(8-18-14)12-11-9-19-23(1-4-24)13(11)21-15(20-12)22-2-5-25-6-3-22/h14-16,18H,2-13H2,1H3,(H2,25,26,27);1-3,14-15,28H,4-13H2;9-11,13H,1-8H2,(H2,19,20,21);7-9,24H,1-6H2,(H2,16,17,18). The molecule has 0 aliphatic carbocycles. The SMILES string of the molecule is CN1CCN(C(=O)N2CCC(n3ncc4c(-c5cnc(N)nc5)nc(N5CCOCC5)nc43)CC2)CC1.Nc1ncc(-c2nc(N3CCOCC3)nc3c2cnn3C2CCOCC2)cn1.Nc1ncc(-c2nc(N3CCOCC3)nc3c2cnn3CCO)cn1.Oc1cccc(-c2nc(N3CCOCC3)nc3c2cnn3CCN2CCOCC2)c1. The van der Waals surface area contributed by atoms with Gasteiger partial charge in [0.05, 0.1) is 167 Å². The first kappa shape index (κ1) is 80.4. The molecule has 12 aromatic rings. The summed E-state index contributed by atoms with van der Waals surface area (Å²) in [6.45, 7) is 22.9. The quantitative estimate of drug-likeness (QED) is 0.0985. The third-order valence-electron chi connectivity index (χ3n) is 22.4. The fourth-order valence-electron chi connectivity index (χ4n) is 15.7. The highest BCUT2D eigenvalue weighted by atomic mass is 16.5. The van der Waals surface area contributed by atoms with Crippen molar-refractivity contribution < 1.29 is 43.4 Å². The first-order valence-electron chi connectivity index (χ1n) is 40.9. The van der Waals surface area contributed by atoms with Gasteiger partial charge in [-0.15, -0.1) is 0 Å². The summed E-state index contributed by atoms with van der Waals surface area (Å²) in [5, 5.41) is 41.0. The molecule has 2 amide bonds. The van der Waals surface area contributed by atoms with Gasteiger partial charge >= 0.3 is 6.03 Å². The van der Waals surface area contributed by atoms with Crippen LogP contribution in [-0.2, 0) is 41.5 Å². The van der Waals surface area contributed by atoms with E-state index in [9.17, 15) is 15.0 Å². The first-order chi connectivity index (χ1) is 58.9. The average Bonchev–Trinajstić information content (AvgIpc) is 1.65. The Hall–Kier alpha value is -12.0. The van der Waals surface area contributed by atoms with Gasteiger partial charge in [0.1, 0.15) is 5.75 Å². The van der Waals surface area contributed by atoms with E-state index in [4.69, 9.17) is 85.6 Å². The number of urea groups is 1. The monoisotopic (exact) mass is 1640 g/mol. The second kappa shape index (κ2) is 37.5. The summed E-state index contributed by atoms with van der Waals surface area (Å²) in [4.78, 5) is 93.6. The number of hydrogen-bond acceptors (Lipinski definition) is 36. The number of amides is 2. The van der Waals surface area contributed by atoms with E-state index in [2.05, 4.69) is 86.6 Å². The van der Waals surface area contributed by atoms with E-state index in [1.54, 1.807) is 60.2 Å². The lowest BCUT2D eigenvalue weighted by Gasteiger charge is -2.39. The Kier molecular flexibility index (Phi) is 25.1. The van der Waals surface area contributed by atoms with Crippen LogP contribution in [0.2, 0.25) is 0 Å². The number of morpholine rings is 5. The summed E-state index contributed by atoms with van der Waals surface area (Å²) in [6.07, 6.45) is 20.7. The molecule has 8 saturated heterocycles. The lowest BCUT2D eigenvalue weighted by Crippen LogP contribution is -2.53. The second-order valence-corrected chi connectivity index (χ2v) is 30.1. The number of phenolic OH excluding ortho intramolecular Hbond substituents is 1. The number of phenols is 1. The summed E-state index contributed by atoms with van der Waals surface area (Å²) < 4.78 is 40.5. The van der Waals surface area contributed by atoms with Crippen LogP contribution in [0.15, 0.2) is 86.2 Å². The Morgan fingerprint density at radius 2 is 0.733 bits per heavy atom. The van der Waals surface area contributed by atoms with Gasteiger partial charge in [-0.25, -0.2) is 73.4 Å². The second-order valence-electron chi connectivity index (χ2n) is 30.1. The molecule has 1 aromatic carbocycles. The average molecular weight is 1640 g/mol. The van der Waals surface area contributed by atoms with Crippen molar-refractivity contribution in [2.75, 3.05) is 241 Å². The van der Waals surface area contributed by atoms with Gasteiger partial charge in [0.15, 0.2) is 22.6 Å². The Balaban J connectivity index is 0.000000115. The predicted octanol–water partition coefficient (Wildman–Crippen LogP) is 2.82. The number of fused-ring (bicyclic) bond motifs is 4. The van der Waals surface area contributed by atoms with Crippen LogP contribution in [-0.4, -0.2) is 349 Å². The van der Waals surface area contributed by atoms with E-state index in [1.807, 2.05) is 54.6 Å². The zero-order valence-electron chi connectivity index (χ0n) is 67.1. The summed E-state index contributed by atoms with van der Waals surface area (Å²) in [5.41, 5.74) is 26.2. The first-order valence-corrected chi connectivity index (χ1v) is 40.9. The number of benzene rings is 1. The van der Waals surface area contributed by atoms with Crippen molar-refractivity contribution in [3.05, 3.63) is 86.2 Å². The summed E-state index contributed by atoms with van der Waals surface area (Å²) in [7, 11) is 2.10. The zero-order chi connectivity index (χ0) is 81.8. The van der Waals surface area contributed by atoms with Crippen molar-refractivity contribution in [3.8, 4) is 50.8 Å². The van der Waals surface area contributed by atoms with Crippen molar-refractivity contribution in [1.29, 1.82) is 0 Å². The molecule has 0 saturated carbocycles. The molecule has 42 nitrogen and oxygen atoms in total. The van der Waals surface area contributed by atoms with Gasteiger partial charge in [-0.3, -0.25) is 4.90 Å². The van der Waals surface area contributed by atoms with Crippen molar-refractivity contribution in [1.82, 2.24) is 128 Å². The molecule has 0 atom stereocenters. The van der Waals surface area contributed by atoms with Crippen molar-refractivity contribution >= 4 is 91.8 Å². The van der Waals surface area contributed by atoms with Gasteiger partial charge in [0.25, 0.3) is 0 Å². The molecule has 0 bridgehead atoms. The van der Waals surface area contributed by atoms with E-state index in [1.165, 1.54) is 0 Å².